The number of halogens is 1. The summed E-state index contributed by atoms with van der Waals surface area (Å²) in [7, 11) is -1.97. The van der Waals surface area contributed by atoms with Crippen LogP contribution in [0.25, 0.3) is 0 Å². The molecule has 0 aliphatic heterocycles. The molecule has 1 heterocycles. The molecular weight excluding hydrogens is 312 g/mol. The third-order valence-electron chi connectivity index (χ3n) is 3.24. The van der Waals surface area contributed by atoms with Crippen molar-refractivity contribution in [3.8, 4) is 0 Å². The summed E-state index contributed by atoms with van der Waals surface area (Å²) in [6.45, 7) is 1.54. The van der Waals surface area contributed by atoms with Gasteiger partial charge in [-0.1, -0.05) is 23.7 Å². The lowest BCUT2D eigenvalue weighted by atomic mass is 10.1. The molecule has 2 rings (SSSR count). The molecule has 21 heavy (non-hydrogen) atoms. The number of hydrogen-bond acceptors (Lipinski definition) is 3. The maximum atomic E-state index is 12.3. The average Bonchev–Trinajstić information content (AvgIpc) is 2.80. The minimum absolute atomic E-state index is 0.128. The summed E-state index contributed by atoms with van der Waals surface area (Å²) in [6.07, 6.45) is 1.47. The first-order valence-electron chi connectivity index (χ1n) is 6.37. The molecule has 5 nitrogen and oxygen atoms in total. The molecule has 0 radical (unpaired) electrons. The SMILES string of the molecule is CC(NS(=O)(=O)c1cc(CO)n(C)c1)c1cccc(Cl)c1. The van der Waals surface area contributed by atoms with Gasteiger partial charge in [0.2, 0.25) is 10.0 Å². The van der Waals surface area contributed by atoms with Gasteiger partial charge in [0.1, 0.15) is 0 Å². The minimum atomic E-state index is -3.66. The van der Waals surface area contributed by atoms with Crippen molar-refractivity contribution in [2.24, 2.45) is 7.05 Å². The highest BCUT2D eigenvalue weighted by molar-refractivity contribution is 7.89. The van der Waals surface area contributed by atoms with Crippen molar-refractivity contribution < 1.29 is 13.5 Å². The maximum absolute atomic E-state index is 12.3. The van der Waals surface area contributed by atoms with E-state index in [9.17, 15) is 8.42 Å². The summed E-state index contributed by atoms with van der Waals surface area (Å²) in [5.74, 6) is 0. The van der Waals surface area contributed by atoms with Crippen LogP contribution in [-0.4, -0.2) is 18.1 Å². The summed E-state index contributed by atoms with van der Waals surface area (Å²) in [5.41, 5.74) is 1.31. The highest BCUT2D eigenvalue weighted by atomic mass is 35.5. The minimum Gasteiger partial charge on any atom is -0.390 e. The molecule has 0 spiro atoms. The predicted octanol–water partition coefficient (Wildman–Crippen LogP) is 2.21. The Morgan fingerprint density at radius 2 is 2.10 bits per heavy atom. The fourth-order valence-corrected chi connectivity index (χ4v) is 3.55. The lowest BCUT2D eigenvalue weighted by molar-refractivity contribution is 0.272. The molecule has 1 atom stereocenters. The van der Waals surface area contributed by atoms with Gasteiger partial charge in [0, 0.05) is 30.0 Å². The first-order valence-corrected chi connectivity index (χ1v) is 8.23. The second-order valence-corrected chi connectivity index (χ2v) is 6.98. The van der Waals surface area contributed by atoms with E-state index in [1.54, 1.807) is 36.7 Å². The molecule has 1 aromatic heterocycles. The van der Waals surface area contributed by atoms with Gasteiger partial charge >= 0.3 is 0 Å². The van der Waals surface area contributed by atoms with Gasteiger partial charge in [-0.05, 0) is 30.7 Å². The zero-order chi connectivity index (χ0) is 15.6. The quantitative estimate of drug-likeness (QED) is 0.884. The molecule has 0 aliphatic rings. The van der Waals surface area contributed by atoms with Crippen LogP contribution in [0.2, 0.25) is 5.02 Å². The number of aliphatic hydroxyl groups excluding tert-OH is 1. The second kappa shape index (κ2) is 6.19. The topological polar surface area (TPSA) is 71.3 Å². The molecule has 1 aromatic carbocycles. The van der Waals surface area contributed by atoms with E-state index in [4.69, 9.17) is 16.7 Å². The van der Waals surface area contributed by atoms with Gasteiger partial charge < -0.3 is 9.67 Å². The van der Waals surface area contributed by atoms with Crippen LogP contribution >= 0.6 is 11.6 Å². The molecule has 0 saturated heterocycles. The van der Waals surface area contributed by atoms with Crippen LogP contribution in [0.15, 0.2) is 41.4 Å². The Morgan fingerprint density at radius 3 is 2.67 bits per heavy atom. The average molecular weight is 329 g/mol. The van der Waals surface area contributed by atoms with Gasteiger partial charge in [-0.2, -0.15) is 0 Å². The fraction of sp³-hybridized carbons (Fsp3) is 0.286. The number of sulfonamides is 1. The molecule has 0 amide bonds. The van der Waals surface area contributed by atoms with E-state index >= 15 is 0 Å². The number of aryl methyl sites for hydroxylation is 1. The first-order chi connectivity index (χ1) is 9.83. The molecule has 0 saturated carbocycles. The molecule has 0 fully saturated rings. The van der Waals surface area contributed by atoms with Gasteiger partial charge in [-0.3, -0.25) is 0 Å². The Kier molecular flexibility index (Phi) is 4.73. The molecule has 2 aromatic rings. The molecular formula is C14H17ClN2O3S. The highest BCUT2D eigenvalue weighted by Crippen LogP contribution is 2.21. The van der Waals surface area contributed by atoms with Gasteiger partial charge in [0.25, 0.3) is 0 Å². The third-order valence-corrected chi connectivity index (χ3v) is 4.98. The van der Waals surface area contributed by atoms with Crippen LogP contribution in [0.1, 0.15) is 24.2 Å². The van der Waals surface area contributed by atoms with E-state index in [0.29, 0.717) is 10.7 Å². The number of aliphatic hydroxyl groups is 1. The maximum Gasteiger partial charge on any atom is 0.242 e. The molecule has 2 N–H and O–H groups in total. The van der Waals surface area contributed by atoms with Crippen molar-refractivity contribution in [2.75, 3.05) is 0 Å². The van der Waals surface area contributed by atoms with Gasteiger partial charge in [-0.25, -0.2) is 13.1 Å². The Bertz CT molecular complexity index is 740. The van der Waals surface area contributed by atoms with Crippen LogP contribution in [0.3, 0.4) is 0 Å². The number of rotatable bonds is 5. The van der Waals surface area contributed by atoms with Crippen molar-refractivity contribution in [3.63, 3.8) is 0 Å². The lowest BCUT2D eigenvalue weighted by Crippen LogP contribution is -2.26. The zero-order valence-corrected chi connectivity index (χ0v) is 13.3. The predicted molar refractivity (Wildman–Crippen MR) is 81.5 cm³/mol. The monoisotopic (exact) mass is 328 g/mol. The van der Waals surface area contributed by atoms with Crippen molar-refractivity contribution in [3.05, 3.63) is 52.8 Å². The summed E-state index contributed by atoms with van der Waals surface area (Å²) in [6, 6.07) is 8.08. The van der Waals surface area contributed by atoms with Gasteiger partial charge in [0.15, 0.2) is 0 Å². The van der Waals surface area contributed by atoms with E-state index in [1.165, 1.54) is 12.3 Å². The number of aromatic nitrogens is 1. The lowest BCUT2D eigenvalue weighted by Gasteiger charge is -2.14. The Hall–Kier alpha value is -1.34. The molecule has 0 bridgehead atoms. The third kappa shape index (κ3) is 3.65. The Morgan fingerprint density at radius 1 is 1.38 bits per heavy atom. The summed E-state index contributed by atoms with van der Waals surface area (Å²) >= 11 is 5.91. The van der Waals surface area contributed by atoms with E-state index < -0.39 is 16.1 Å². The van der Waals surface area contributed by atoms with Crippen molar-refractivity contribution in [1.29, 1.82) is 0 Å². The fourth-order valence-electron chi connectivity index (χ4n) is 2.03. The van der Waals surface area contributed by atoms with Crippen LogP contribution in [0.4, 0.5) is 0 Å². The number of benzene rings is 1. The van der Waals surface area contributed by atoms with E-state index in [-0.39, 0.29) is 11.5 Å². The normalized spacial score (nSPS) is 13.3. The van der Waals surface area contributed by atoms with Gasteiger partial charge in [-0.15, -0.1) is 0 Å². The number of nitrogens with zero attached hydrogens (tertiary/aromatic N) is 1. The van der Waals surface area contributed by atoms with E-state index in [0.717, 1.165) is 5.56 Å². The second-order valence-electron chi connectivity index (χ2n) is 4.83. The van der Waals surface area contributed by atoms with Crippen molar-refractivity contribution in [1.82, 2.24) is 9.29 Å². The number of nitrogens with one attached hydrogen (secondary N) is 1. The van der Waals surface area contributed by atoms with Crippen LogP contribution in [0, 0.1) is 0 Å². The molecule has 7 heteroatoms. The highest BCUT2D eigenvalue weighted by Gasteiger charge is 2.20. The van der Waals surface area contributed by atoms with Crippen LogP contribution in [-0.2, 0) is 23.7 Å². The summed E-state index contributed by atoms with van der Waals surface area (Å²) in [5, 5.41) is 9.69. The smallest absolute Gasteiger partial charge is 0.242 e. The Balaban J connectivity index is 2.24. The standard InChI is InChI=1S/C14H17ClN2O3S/c1-10(11-4-3-5-12(15)6-11)16-21(19,20)14-7-13(9-18)17(2)8-14/h3-8,10,16,18H,9H2,1-2H3. The number of hydrogen-bond donors (Lipinski definition) is 2. The van der Waals surface area contributed by atoms with E-state index in [2.05, 4.69) is 4.72 Å². The van der Waals surface area contributed by atoms with E-state index in [1.807, 2.05) is 6.07 Å². The van der Waals surface area contributed by atoms with Gasteiger partial charge in [0.05, 0.1) is 11.5 Å². The summed E-state index contributed by atoms with van der Waals surface area (Å²) < 4.78 is 28.9. The largest absolute Gasteiger partial charge is 0.390 e. The Labute approximate surface area is 129 Å². The first kappa shape index (κ1) is 16.0. The van der Waals surface area contributed by atoms with Crippen molar-refractivity contribution >= 4 is 21.6 Å². The molecule has 0 aliphatic carbocycles. The zero-order valence-electron chi connectivity index (χ0n) is 11.7. The molecule has 1 unspecified atom stereocenters. The van der Waals surface area contributed by atoms with Crippen LogP contribution in [0.5, 0.6) is 0 Å². The molecule has 114 valence electrons. The van der Waals surface area contributed by atoms with Crippen LogP contribution < -0.4 is 4.72 Å². The summed E-state index contributed by atoms with van der Waals surface area (Å²) in [4.78, 5) is 0.128. The van der Waals surface area contributed by atoms with Crippen molar-refractivity contribution in [2.45, 2.75) is 24.5 Å².